The minimum atomic E-state index is 0.0973. The Kier molecular flexibility index (Phi) is 5.73. The summed E-state index contributed by atoms with van der Waals surface area (Å²) in [6.45, 7) is 0. The summed E-state index contributed by atoms with van der Waals surface area (Å²) in [5.74, 6) is 0.747. The molecule has 0 aromatic heterocycles. The lowest BCUT2D eigenvalue weighted by molar-refractivity contribution is -0.120. The highest BCUT2D eigenvalue weighted by Gasteiger charge is 1.94. The third kappa shape index (κ3) is 5.63. The molecule has 0 radical (unpaired) electrons. The molecular formula is C6H12ClNO. The SMILES string of the molecule is CNC(=O)CCCCCl. The molecule has 0 aliphatic heterocycles. The highest BCUT2D eigenvalue weighted by atomic mass is 35.5. The van der Waals surface area contributed by atoms with Gasteiger partial charge in [0.05, 0.1) is 0 Å². The first-order chi connectivity index (χ1) is 4.31. The van der Waals surface area contributed by atoms with Crippen LogP contribution in [0.2, 0.25) is 0 Å². The molecule has 0 aromatic carbocycles. The number of unbranched alkanes of at least 4 members (excludes halogenated alkanes) is 1. The normalized spacial score (nSPS) is 9.11. The van der Waals surface area contributed by atoms with Crippen LogP contribution in [0.1, 0.15) is 19.3 Å². The molecule has 0 bridgehead atoms. The molecule has 0 rings (SSSR count). The molecule has 0 saturated heterocycles. The smallest absolute Gasteiger partial charge is 0.219 e. The number of carbonyl (C=O) groups excluding carboxylic acids is 1. The number of hydrogen-bond donors (Lipinski definition) is 1. The Bertz CT molecular complexity index is 85.1. The molecule has 2 nitrogen and oxygen atoms in total. The topological polar surface area (TPSA) is 29.1 Å². The number of amides is 1. The molecule has 3 heteroatoms. The van der Waals surface area contributed by atoms with Crippen molar-refractivity contribution < 1.29 is 4.79 Å². The van der Waals surface area contributed by atoms with Gasteiger partial charge >= 0.3 is 0 Å². The Labute approximate surface area is 60.6 Å². The number of rotatable bonds is 4. The van der Waals surface area contributed by atoms with E-state index in [4.69, 9.17) is 11.6 Å². The lowest BCUT2D eigenvalue weighted by atomic mass is 10.2. The monoisotopic (exact) mass is 149 g/mol. The van der Waals surface area contributed by atoms with E-state index in [0.29, 0.717) is 12.3 Å². The van der Waals surface area contributed by atoms with Gasteiger partial charge in [0.2, 0.25) is 5.91 Å². The van der Waals surface area contributed by atoms with E-state index in [1.165, 1.54) is 0 Å². The summed E-state index contributed by atoms with van der Waals surface area (Å²) in [7, 11) is 1.64. The number of halogens is 1. The van der Waals surface area contributed by atoms with Crippen molar-refractivity contribution in [2.45, 2.75) is 19.3 Å². The summed E-state index contributed by atoms with van der Waals surface area (Å²) in [5, 5.41) is 2.54. The molecule has 0 atom stereocenters. The Morgan fingerprint density at radius 2 is 2.22 bits per heavy atom. The molecule has 0 aromatic rings. The van der Waals surface area contributed by atoms with E-state index in [1.54, 1.807) is 7.05 Å². The molecule has 0 fully saturated rings. The number of hydrogen-bond acceptors (Lipinski definition) is 1. The second kappa shape index (κ2) is 5.89. The Morgan fingerprint density at radius 1 is 1.56 bits per heavy atom. The molecular weight excluding hydrogens is 138 g/mol. The highest BCUT2D eigenvalue weighted by molar-refractivity contribution is 6.17. The minimum absolute atomic E-state index is 0.0973. The van der Waals surface area contributed by atoms with Crippen molar-refractivity contribution in [2.24, 2.45) is 0 Å². The van der Waals surface area contributed by atoms with Gasteiger partial charge in [-0.2, -0.15) is 0 Å². The maximum absolute atomic E-state index is 10.5. The average molecular weight is 150 g/mol. The van der Waals surface area contributed by atoms with Crippen LogP contribution in [0.5, 0.6) is 0 Å². The van der Waals surface area contributed by atoms with Crippen LogP contribution in [-0.2, 0) is 4.79 Å². The third-order valence-corrected chi connectivity index (χ3v) is 1.33. The summed E-state index contributed by atoms with van der Waals surface area (Å²) in [4.78, 5) is 10.5. The zero-order chi connectivity index (χ0) is 7.11. The second-order valence-corrected chi connectivity index (χ2v) is 2.20. The lowest BCUT2D eigenvalue weighted by Gasteiger charge is -1.95. The molecule has 0 saturated carbocycles. The van der Waals surface area contributed by atoms with Crippen LogP contribution < -0.4 is 5.32 Å². The quantitative estimate of drug-likeness (QED) is 0.472. The van der Waals surface area contributed by atoms with Gasteiger partial charge in [0, 0.05) is 19.3 Å². The van der Waals surface area contributed by atoms with E-state index in [-0.39, 0.29) is 5.91 Å². The molecule has 9 heavy (non-hydrogen) atoms. The van der Waals surface area contributed by atoms with Crippen molar-refractivity contribution >= 4 is 17.5 Å². The fraction of sp³-hybridized carbons (Fsp3) is 0.833. The van der Waals surface area contributed by atoms with Gasteiger partial charge in [0.15, 0.2) is 0 Å². The summed E-state index contributed by atoms with van der Waals surface area (Å²) in [5.41, 5.74) is 0. The van der Waals surface area contributed by atoms with Gasteiger partial charge in [0.1, 0.15) is 0 Å². The van der Waals surface area contributed by atoms with Crippen molar-refractivity contribution in [1.82, 2.24) is 5.32 Å². The molecule has 54 valence electrons. The van der Waals surface area contributed by atoms with E-state index in [9.17, 15) is 4.79 Å². The number of carbonyl (C=O) groups is 1. The molecule has 0 aliphatic carbocycles. The van der Waals surface area contributed by atoms with Crippen molar-refractivity contribution in [3.05, 3.63) is 0 Å². The molecule has 0 unspecified atom stereocenters. The summed E-state index contributed by atoms with van der Waals surface area (Å²) < 4.78 is 0. The van der Waals surface area contributed by atoms with Crippen LogP contribution in [0.3, 0.4) is 0 Å². The number of nitrogens with one attached hydrogen (secondary N) is 1. The first kappa shape index (κ1) is 8.76. The highest BCUT2D eigenvalue weighted by Crippen LogP contribution is 1.95. The second-order valence-electron chi connectivity index (χ2n) is 1.82. The van der Waals surface area contributed by atoms with E-state index < -0.39 is 0 Å². The lowest BCUT2D eigenvalue weighted by Crippen LogP contribution is -2.16. The van der Waals surface area contributed by atoms with Gasteiger partial charge < -0.3 is 5.32 Å². The first-order valence-corrected chi connectivity index (χ1v) is 3.61. The van der Waals surface area contributed by atoms with Crippen molar-refractivity contribution in [3.63, 3.8) is 0 Å². The molecule has 0 spiro atoms. The molecule has 0 aliphatic rings. The number of alkyl halides is 1. The third-order valence-electron chi connectivity index (χ3n) is 1.07. The summed E-state index contributed by atoms with van der Waals surface area (Å²) in [6, 6.07) is 0. The van der Waals surface area contributed by atoms with Crippen LogP contribution in [0.4, 0.5) is 0 Å². The first-order valence-electron chi connectivity index (χ1n) is 3.07. The van der Waals surface area contributed by atoms with Crippen molar-refractivity contribution in [3.8, 4) is 0 Å². The predicted octanol–water partition coefficient (Wildman–Crippen LogP) is 1.14. The van der Waals surface area contributed by atoms with Crippen LogP contribution in [0.25, 0.3) is 0 Å². The zero-order valence-corrected chi connectivity index (χ0v) is 6.37. The summed E-state index contributed by atoms with van der Waals surface area (Å²) in [6.07, 6.45) is 2.42. The van der Waals surface area contributed by atoms with Gasteiger partial charge in [0.25, 0.3) is 0 Å². The standard InChI is InChI=1S/C6H12ClNO/c1-8-6(9)4-2-3-5-7/h2-5H2,1H3,(H,8,9). The Balaban J connectivity index is 2.97. The van der Waals surface area contributed by atoms with Crippen LogP contribution >= 0.6 is 11.6 Å². The molecule has 1 amide bonds. The predicted molar refractivity (Wildman–Crippen MR) is 38.6 cm³/mol. The van der Waals surface area contributed by atoms with Gasteiger partial charge in [-0.3, -0.25) is 4.79 Å². The molecule has 1 N–H and O–H groups in total. The fourth-order valence-corrected chi connectivity index (χ4v) is 0.694. The average Bonchev–Trinajstić information content (AvgIpc) is 1.89. The minimum Gasteiger partial charge on any atom is -0.359 e. The fourth-order valence-electron chi connectivity index (χ4n) is 0.505. The van der Waals surface area contributed by atoms with E-state index >= 15 is 0 Å². The molecule has 0 heterocycles. The van der Waals surface area contributed by atoms with Crippen molar-refractivity contribution in [1.29, 1.82) is 0 Å². The maximum atomic E-state index is 10.5. The maximum Gasteiger partial charge on any atom is 0.219 e. The zero-order valence-electron chi connectivity index (χ0n) is 5.61. The Hall–Kier alpha value is -0.240. The van der Waals surface area contributed by atoms with E-state index in [2.05, 4.69) is 5.32 Å². The van der Waals surface area contributed by atoms with Gasteiger partial charge in [-0.1, -0.05) is 0 Å². The van der Waals surface area contributed by atoms with E-state index in [1.807, 2.05) is 0 Å². The van der Waals surface area contributed by atoms with Crippen molar-refractivity contribution in [2.75, 3.05) is 12.9 Å². The van der Waals surface area contributed by atoms with Gasteiger partial charge in [-0.05, 0) is 12.8 Å². The van der Waals surface area contributed by atoms with Crippen LogP contribution in [0, 0.1) is 0 Å². The van der Waals surface area contributed by atoms with Crippen LogP contribution in [-0.4, -0.2) is 18.8 Å². The summed E-state index contributed by atoms with van der Waals surface area (Å²) >= 11 is 5.40. The largest absolute Gasteiger partial charge is 0.359 e. The Morgan fingerprint density at radius 3 is 2.67 bits per heavy atom. The van der Waals surface area contributed by atoms with E-state index in [0.717, 1.165) is 12.8 Å². The van der Waals surface area contributed by atoms with Gasteiger partial charge in [-0.15, -0.1) is 11.6 Å². The van der Waals surface area contributed by atoms with Gasteiger partial charge in [-0.25, -0.2) is 0 Å². The van der Waals surface area contributed by atoms with Crippen LogP contribution in [0.15, 0.2) is 0 Å².